The highest BCUT2D eigenvalue weighted by molar-refractivity contribution is 6.28. The Balaban J connectivity index is 1.56. The van der Waals surface area contributed by atoms with Gasteiger partial charge in [-0.1, -0.05) is 49.4 Å². The number of nitrogen functional groups attached to an aromatic ring is 1. The Labute approximate surface area is 200 Å². The third kappa shape index (κ3) is 3.85. The van der Waals surface area contributed by atoms with Crippen LogP contribution in [-0.4, -0.2) is 53.9 Å². The van der Waals surface area contributed by atoms with E-state index in [1.165, 1.54) is 0 Å². The summed E-state index contributed by atoms with van der Waals surface area (Å²) in [5, 5.41) is 26.3. The lowest BCUT2D eigenvalue weighted by molar-refractivity contribution is -0.122. The number of nitrogens with one attached hydrogen (secondary N) is 1. The van der Waals surface area contributed by atoms with E-state index in [0.29, 0.717) is 23.3 Å². The van der Waals surface area contributed by atoms with E-state index in [1.54, 1.807) is 11.5 Å². The third-order valence-electron chi connectivity index (χ3n) is 6.50. The van der Waals surface area contributed by atoms with E-state index < -0.39 is 24.3 Å². The number of hydrogen-bond donors (Lipinski definition) is 4. The summed E-state index contributed by atoms with van der Waals surface area (Å²) in [6.07, 6.45) is -1.31. The van der Waals surface area contributed by atoms with Gasteiger partial charge in [-0.15, -0.1) is 0 Å². The van der Waals surface area contributed by atoms with Crippen molar-refractivity contribution in [3.63, 3.8) is 0 Å². The van der Waals surface area contributed by atoms with Gasteiger partial charge in [0, 0.05) is 12.8 Å². The average Bonchev–Trinajstić information content (AvgIpc) is 3.29. The van der Waals surface area contributed by atoms with Crippen molar-refractivity contribution >= 4 is 45.4 Å². The molecule has 0 saturated heterocycles. The minimum Gasteiger partial charge on any atom is -0.388 e. The maximum absolute atomic E-state index is 11.9. The van der Waals surface area contributed by atoms with Crippen LogP contribution in [0.1, 0.15) is 37.1 Å². The van der Waals surface area contributed by atoms with Crippen LogP contribution >= 0.6 is 11.6 Å². The summed E-state index contributed by atoms with van der Waals surface area (Å²) in [5.41, 5.74) is 8.81. The predicted molar refractivity (Wildman–Crippen MR) is 129 cm³/mol. The van der Waals surface area contributed by atoms with Crippen molar-refractivity contribution in [2.45, 2.75) is 50.5 Å². The molecule has 2 aromatic carbocycles. The van der Waals surface area contributed by atoms with Gasteiger partial charge in [0.15, 0.2) is 5.65 Å². The Morgan fingerprint density at radius 2 is 1.91 bits per heavy atom. The van der Waals surface area contributed by atoms with Crippen molar-refractivity contribution in [3.8, 4) is 0 Å². The molecule has 5 rings (SSSR count). The monoisotopic (exact) mass is 480 g/mol. The number of carbonyl (C=O) groups is 1. The Hall–Kier alpha value is -3.27. The molecule has 10 heteroatoms. The molecule has 1 amide bonds. The number of halogens is 1. The number of aliphatic hydroxyl groups excluding tert-OH is 2. The van der Waals surface area contributed by atoms with Crippen molar-refractivity contribution in [1.82, 2.24) is 24.8 Å². The van der Waals surface area contributed by atoms with Gasteiger partial charge < -0.3 is 21.3 Å². The van der Waals surface area contributed by atoms with Crippen LogP contribution in [0.4, 0.5) is 5.95 Å². The second-order valence-corrected chi connectivity index (χ2v) is 8.92. The minimum absolute atomic E-state index is 0.0350. The number of benzene rings is 2. The fourth-order valence-corrected chi connectivity index (χ4v) is 4.99. The van der Waals surface area contributed by atoms with Crippen LogP contribution in [0.3, 0.4) is 0 Å². The van der Waals surface area contributed by atoms with E-state index >= 15 is 0 Å². The van der Waals surface area contributed by atoms with E-state index in [1.807, 2.05) is 24.3 Å². The van der Waals surface area contributed by atoms with E-state index in [-0.39, 0.29) is 30.0 Å². The van der Waals surface area contributed by atoms with Crippen LogP contribution < -0.4 is 11.1 Å². The molecule has 1 aliphatic carbocycles. The number of nitrogens with two attached hydrogens (primary N) is 1. The number of anilines is 1. The molecule has 2 heterocycles. The fraction of sp³-hybridized carbons (Fsp3) is 0.333. The van der Waals surface area contributed by atoms with Gasteiger partial charge in [0.2, 0.25) is 17.1 Å². The summed E-state index contributed by atoms with van der Waals surface area (Å²) in [6, 6.07) is 12.9. The Morgan fingerprint density at radius 1 is 1.15 bits per heavy atom. The molecule has 1 saturated carbocycles. The van der Waals surface area contributed by atoms with Crippen LogP contribution in [0.2, 0.25) is 5.28 Å². The quantitative estimate of drug-likeness (QED) is 0.321. The second kappa shape index (κ2) is 8.83. The second-order valence-electron chi connectivity index (χ2n) is 8.58. The summed E-state index contributed by atoms with van der Waals surface area (Å²) in [7, 11) is 0. The van der Waals surface area contributed by atoms with E-state index in [2.05, 4.69) is 38.5 Å². The lowest BCUT2D eigenvalue weighted by atomic mass is 10.0. The van der Waals surface area contributed by atoms with Crippen molar-refractivity contribution in [1.29, 1.82) is 0 Å². The van der Waals surface area contributed by atoms with Gasteiger partial charge in [0.25, 0.3) is 0 Å². The molecule has 0 spiro atoms. The zero-order chi connectivity index (χ0) is 24.0. The van der Waals surface area contributed by atoms with Crippen molar-refractivity contribution in [3.05, 3.63) is 59.0 Å². The van der Waals surface area contributed by atoms with Gasteiger partial charge in [0.05, 0.1) is 17.8 Å². The maximum Gasteiger partial charge on any atom is 0.224 e. The average molecular weight is 481 g/mol. The first-order valence-corrected chi connectivity index (χ1v) is 11.6. The standard InChI is InChI=1S/C24H25ClN6O3/c1-2-18(32)27-16-11-17(21(34)20(16)33)31-22-19(29-24(31)26)15(28-23(25)30-22)10-13-8-5-7-12-6-3-4-9-14(12)13/h3-9,16-17,20-21,33-34H,2,10-11H2,1H3,(H2,26,29)(H,27,32)/t16-,17+,20+,21-/m0/s1. The number of fused-ring (bicyclic) bond motifs is 2. The molecule has 0 aliphatic heterocycles. The highest BCUT2D eigenvalue weighted by Crippen LogP contribution is 2.36. The lowest BCUT2D eigenvalue weighted by Gasteiger charge is -2.19. The van der Waals surface area contributed by atoms with E-state index in [0.717, 1.165) is 16.3 Å². The summed E-state index contributed by atoms with van der Waals surface area (Å²) in [4.78, 5) is 25.2. The number of aromatic nitrogens is 4. The van der Waals surface area contributed by atoms with Crippen LogP contribution in [-0.2, 0) is 11.2 Å². The molecule has 4 atom stereocenters. The topological polar surface area (TPSA) is 139 Å². The molecular weight excluding hydrogens is 456 g/mol. The lowest BCUT2D eigenvalue weighted by Crippen LogP contribution is -2.42. The number of aliphatic hydroxyl groups is 2. The molecular formula is C24H25ClN6O3. The van der Waals surface area contributed by atoms with Gasteiger partial charge in [-0.05, 0) is 34.4 Å². The number of nitrogens with zero attached hydrogens (tertiary/aromatic N) is 4. The Kier molecular flexibility index (Phi) is 5.85. The normalized spacial score (nSPS) is 22.5. The van der Waals surface area contributed by atoms with Crippen molar-refractivity contribution in [2.75, 3.05) is 5.73 Å². The highest BCUT2D eigenvalue weighted by Gasteiger charge is 2.44. The van der Waals surface area contributed by atoms with Crippen molar-refractivity contribution in [2.24, 2.45) is 0 Å². The Morgan fingerprint density at radius 3 is 2.71 bits per heavy atom. The van der Waals surface area contributed by atoms with Gasteiger partial charge >= 0.3 is 0 Å². The van der Waals surface area contributed by atoms with E-state index in [4.69, 9.17) is 17.3 Å². The molecule has 1 aliphatic rings. The number of imidazole rings is 1. The van der Waals surface area contributed by atoms with Gasteiger partial charge in [-0.3, -0.25) is 9.36 Å². The summed E-state index contributed by atoms with van der Waals surface area (Å²) in [5.74, 6) is -0.0763. The van der Waals surface area contributed by atoms with Gasteiger partial charge in [0.1, 0.15) is 17.7 Å². The molecule has 0 radical (unpaired) electrons. The molecule has 1 fully saturated rings. The smallest absolute Gasteiger partial charge is 0.224 e. The number of rotatable bonds is 5. The van der Waals surface area contributed by atoms with Gasteiger partial charge in [-0.25, -0.2) is 9.97 Å². The molecule has 34 heavy (non-hydrogen) atoms. The third-order valence-corrected chi connectivity index (χ3v) is 6.67. The molecule has 0 bridgehead atoms. The molecule has 0 unspecified atom stereocenters. The van der Waals surface area contributed by atoms with Crippen LogP contribution in [0.15, 0.2) is 42.5 Å². The first-order valence-electron chi connectivity index (χ1n) is 11.2. The number of amides is 1. The van der Waals surface area contributed by atoms with Crippen LogP contribution in [0.5, 0.6) is 0 Å². The molecule has 9 nitrogen and oxygen atoms in total. The number of carbonyl (C=O) groups excluding carboxylic acids is 1. The minimum atomic E-state index is -1.17. The zero-order valence-corrected chi connectivity index (χ0v) is 19.3. The van der Waals surface area contributed by atoms with Crippen LogP contribution in [0.25, 0.3) is 21.9 Å². The van der Waals surface area contributed by atoms with Crippen LogP contribution in [0, 0.1) is 0 Å². The summed E-state index contributed by atoms with van der Waals surface area (Å²) >= 11 is 6.30. The first-order chi connectivity index (χ1) is 16.4. The highest BCUT2D eigenvalue weighted by atomic mass is 35.5. The zero-order valence-electron chi connectivity index (χ0n) is 18.5. The Bertz CT molecular complexity index is 1380. The molecule has 5 N–H and O–H groups in total. The largest absolute Gasteiger partial charge is 0.388 e. The molecule has 176 valence electrons. The number of hydrogen-bond acceptors (Lipinski definition) is 7. The molecule has 4 aromatic rings. The van der Waals surface area contributed by atoms with E-state index in [9.17, 15) is 15.0 Å². The maximum atomic E-state index is 11.9. The SMILES string of the molecule is CCC(=O)N[C@H]1C[C@@H](n2c(N)nc3c(Cc4cccc5ccccc45)nc(Cl)nc32)[C@H](O)[C@@H]1O. The van der Waals surface area contributed by atoms with Crippen molar-refractivity contribution < 1.29 is 15.0 Å². The molecule has 2 aromatic heterocycles. The van der Waals surface area contributed by atoms with Gasteiger partial charge in [-0.2, -0.15) is 4.98 Å². The summed E-state index contributed by atoms with van der Waals surface area (Å²) in [6.45, 7) is 1.72. The first kappa shape index (κ1) is 22.5. The summed E-state index contributed by atoms with van der Waals surface area (Å²) < 4.78 is 1.58. The fourth-order valence-electron chi connectivity index (χ4n) is 4.81. The predicted octanol–water partition coefficient (Wildman–Crippen LogP) is 2.37.